The summed E-state index contributed by atoms with van der Waals surface area (Å²) < 4.78 is 31.9. The van der Waals surface area contributed by atoms with E-state index in [1.807, 2.05) is 6.92 Å². The van der Waals surface area contributed by atoms with Gasteiger partial charge >= 0.3 is 0 Å². The molecule has 0 radical (unpaired) electrons. The molecule has 3 aromatic rings. The van der Waals surface area contributed by atoms with Gasteiger partial charge in [-0.15, -0.1) is 0 Å². The van der Waals surface area contributed by atoms with Crippen molar-refractivity contribution >= 4 is 15.6 Å². The van der Waals surface area contributed by atoms with E-state index in [1.54, 1.807) is 48.5 Å². The van der Waals surface area contributed by atoms with Crippen LogP contribution >= 0.6 is 0 Å². The molecule has 1 N–H and O–H groups in total. The first-order valence-corrected chi connectivity index (χ1v) is 10.6. The number of aryl methyl sites for hydroxylation is 1. The van der Waals surface area contributed by atoms with Gasteiger partial charge in [-0.25, -0.2) is 8.42 Å². The summed E-state index contributed by atoms with van der Waals surface area (Å²) in [5, 5.41) is 8.38. The standard InChI is InChI=1S/C23H22O5S/c1-16-3-13-21(14-4-16)29(26,27)23(18-7-11-20(28-2)12-8-18)15-22(25)17-5-9-19(24)10-6-17/h3-14,23-24H,15H2,1-2H3/t23-/m1/s1. The van der Waals surface area contributed by atoms with Crippen LogP contribution in [-0.4, -0.2) is 26.4 Å². The van der Waals surface area contributed by atoms with Gasteiger partial charge in [-0.2, -0.15) is 0 Å². The van der Waals surface area contributed by atoms with Crippen molar-refractivity contribution in [3.8, 4) is 11.5 Å². The summed E-state index contributed by atoms with van der Waals surface area (Å²) in [4.78, 5) is 13.0. The summed E-state index contributed by atoms with van der Waals surface area (Å²) in [6, 6.07) is 19.1. The minimum atomic E-state index is -3.81. The Morgan fingerprint density at radius 3 is 2.07 bits per heavy atom. The van der Waals surface area contributed by atoms with Crippen molar-refractivity contribution in [1.82, 2.24) is 0 Å². The van der Waals surface area contributed by atoms with E-state index in [0.29, 0.717) is 16.9 Å². The van der Waals surface area contributed by atoms with Crippen LogP contribution in [0.2, 0.25) is 0 Å². The molecule has 29 heavy (non-hydrogen) atoms. The van der Waals surface area contributed by atoms with E-state index >= 15 is 0 Å². The number of hydrogen-bond donors (Lipinski definition) is 1. The fraction of sp³-hybridized carbons (Fsp3) is 0.174. The van der Waals surface area contributed by atoms with Crippen molar-refractivity contribution in [3.63, 3.8) is 0 Å². The molecule has 3 rings (SSSR count). The van der Waals surface area contributed by atoms with Crippen LogP contribution in [0.3, 0.4) is 0 Å². The second-order valence-corrected chi connectivity index (χ2v) is 8.92. The molecule has 0 amide bonds. The molecule has 3 aromatic carbocycles. The van der Waals surface area contributed by atoms with Gasteiger partial charge in [0.15, 0.2) is 15.6 Å². The van der Waals surface area contributed by atoms with Crippen LogP contribution in [0.15, 0.2) is 77.7 Å². The molecule has 0 aliphatic heterocycles. The third kappa shape index (κ3) is 4.66. The highest BCUT2D eigenvalue weighted by Gasteiger charge is 2.31. The predicted octanol–water partition coefficient (Wildman–Crippen LogP) is 4.50. The molecule has 0 aromatic heterocycles. The molecule has 6 heteroatoms. The van der Waals surface area contributed by atoms with Gasteiger partial charge in [-0.3, -0.25) is 4.79 Å². The van der Waals surface area contributed by atoms with Crippen molar-refractivity contribution in [2.45, 2.75) is 23.5 Å². The molecule has 0 spiro atoms. The van der Waals surface area contributed by atoms with Gasteiger partial charge < -0.3 is 9.84 Å². The molecule has 0 bridgehead atoms. The van der Waals surface area contributed by atoms with Crippen LogP contribution in [0, 0.1) is 6.92 Å². The normalized spacial score (nSPS) is 12.3. The third-order valence-corrected chi connectivity index (χ3v) is 6.89. The van der Waals surface area contributed by atoms with Gasteiger partial charge in [0, 0.05) is 12.0 Å². The number of hydrogen-bond acceptors (Lipinski definition) is 5. The van der Waals surface area contributed by atoms with E-state index in [1.165, 1.54) is 31.4 Å². The average Bonchev–Trinajstić information content (AvgIpc) is 2.72. The number of phenols is 1. The van der Waals surface area contributed by atoms with E-state index in [9.17, 15) is 18.3 Å². The number of ketones is 1. The zero-order valence-corrected chi connectivity index (χ0v) is 17.0. The fourth-order valence-electron chi connectivity index (χ4n) is 3.05. The lowest BCUT2D eigenvalue weighted by Crippen LogP contribution is -2.18. The van der Waals surface area contributed by atoms with E-state index < -0.39 is 15.1 Å². The van der Waals surface area contributed by atoms with E-state index in [2.05, 4.69) is 0 Å². The SMILES string of the molecule is COc1ccc([C@@H](CC(=O)c2ccc(O)cc2)S(=O)(=O)c2ccc(C)cc2)cc1. The van der Waals surface area contributed by atoms with Crippen molar-refractivity contribution in [1.29, 1.82) is 0 Å². The number of rotatable bonds is 7. The Hall–Kier alpha value is -3.12. The number of sulfone groups is 1. The number of aromatic hydroxyl groups is 1. The van der Waals surface area contributed by atoms with Gasteiger partial charge in [-0.05, 0) is 61.0 Å². The molecular weight excluding hydrogens is 388 g/mol. The first-order chi connectivity index (χ1) is 13.8. The molecule has 1 atom stereocenters. The summed E-state index contributed by atoms with van der Waals surface area (Å²) >= 11 is 0. The number of phenolic OH excluding ortho intramolecular Hbond substituents is 1. The molecule has 0 fully saturated rings. The zero-order chi connectivity index (χ0) is 21.0. The summed E-state index contributed by atoms with van der Waals surface area (Å²) in [7, 11) is -2.28. The Labute approximate surface area is 170 Å². The minimum absolute atomic E-state index is 0.0422. The molecule has 150 valence electrons. The van der Waals surface area contributed by atoms with Gasteiger partial charge in [0.05, 0.1) is 17.3 Å². The molecule has 0 saturated carbocycles. The van der Waals surface area contributed by atoms with Crippen molar-refractivity contribution in [2.75, 3.05) is 7.11 Å². The zero-order valence-electron chi connectivity index (χ0n) is 16.2. The monoisotopic (exact) mass is 410 g/mol. The topological polar surface area (TPSA) is 80.7 Å². The maximum atomic E-state index is 13.4. The number of methoxy groups -OCH3 is 1. The highest BCUT2D eigenvalue weighted by atomic mass is 32.2. The molecule has 0 saturated heterocycles. The Bertz CT molecular complexity index is 1080. The second-order valence-electron chi connectivity index (χ2n) is 6.79. The van der Waals surface area contributed by atoms with Crippen LogP contribution in [0.5, 0.6) is 11.5 Å². The number of carbonyl (C=O) groups excluding carboxylic acids is 1. The Morgan fingerprint density at radius 2 is 1.52 bits per heavy atom. The van der Waals surface area contributed by atoms with Gasteiger partial charge in [0.2, 0.25) is 0 Å². The summed E-state index contributed by atoms with van der Waals surface area (Å²) in [6.45, 7) is 1.88. The van der Waals surface area contributed by atoms with E-state index in [4.69, 9.17) is 4.74 Å². The lowest BCUT2D eigenvalue weighted by Gasteiger charge is -2.18. The predicted molar refractivity (Wildman–Crippen MR) is 111 cm³/mol. The number of Topliss-reactive ketones (excluding diaryl/α,β-unsaturated/α-hetero) is 1. The van der Waals surface area contributed by atoms with Crippen molar-refractivity contribution in [3.05, 3.63) is 89.5 Å². The third-order valence-electron chi connectivity index (χ3n) is 4.77. The van der Waals surface area contributed by atoms with E-state index in [0.717, 1.165) is 5.56 Å². The highest BCUT2D eigenvalue weighted by molar-refractivity contribution is 7.91. The molecule has 0 aliphatic carbocycles. The Kier molecular flexibility index (Phi) is 6.03. The second kappa shape index (κ2) is 8.49. The largest absolute Gasteiger partial charge is 0.508 e. The smallest absolute Gasteiger partial charge is 0.185 e. The Balaban J connectivity index is 2.01. The summed E-state index contributed by atoms with van der Waals surface area (Å²) in [5.74, 6) is 0.326. The van der Waals surface area contributed by atoms with Gasteiger partial charge in [0.25, 0.3) is 0 Å². The molecule has 5 nitrogen and oxygen atoms in total. The van der Waals surface area contributed by atoms with Crippen LogP contribution in [-0.2, 0) is 9.84 Å². The van der Waals surface area contributed by atoms with Crippen LogP contribution in [0.25, 0.3) is 0 Å². The maximum absolute atomic E-state index is 13.4. The first kappa shape index (κ1) is 20.6. The molecule has 0 unspecified atom stereocenters. The van der Waals surface area contributed by atoms with E-state index in [-0.39, 0.29) is 22.8 Å². The lowest BCUT2D eigenvalue weighted by atomic mass is 10.0. The van der Waals surface area contributed by atoms with Gasteiger partial charge in [-0.1, -0.05) is 29.8 Å². The number of ether oxygens (including phenoxy) is 1. The highest BCUT2D eigenvalue weighted by Crippen LogP contribution is 2.34. The average molecular weight is 410 g/mol. The lowest BCUT2D eigenvalue weighted by molar-refractivity contribution is 0.0980. The fourth-order valence-corrected chi connectivity index (χ4v) is 4.78. The van der Waals surface area contributed by atoms with Crippen LogP contribution in [0.4, 0.5) is 0 Å². The van der Waals surface area contributed by atoms with Crippen molar-refractivity contribution < 1.29 is 23.1 Å². The quantitative estimate of drug-likeness (QED) is 0.580. The van der Waals surface area contributed by atoms with Crippen LogP contribution in [0.1, 0.15) is 33.2 Å². The van der Waals surface area contributed by atoms with Crippen LogP contribution < -0.4 is 4.74 Å². The maximum Gasteiger partial charge on any atom is 0.185 e. The molecule has 0 aliphatic rings. The molecular formula is C23H22O5S. The summed E-state index contributed by atoms with van der Waals surface area (Å²) in [6.07, 6.45) is -0.215. The minimum Gasteiger partial charge on any atom is -0.508 e. The number of benzene rings is 3. The molecule has 0 heterocycles. The Morgan fingerprint density at radius 1 is 0.931 bits per heavy atom. The van der Waals surface area contributed by atoms with Crippen molar-refractivity contribution in [2.24, 2.45) is 0 Å². The summed E-state index contributed by atoms with van der Waals surface area (Å²) in [5.41, 5.74) is 1.81. The first-order valence-electron chi connectivity index (χ1n) is 9.08. The number of carbonyl (C=O) groups is 1. The van der Waals surface area contributed by atoms with Gasteiger partial charge in [0.1, 0.15) is 11.5 Å².